The maximum atomic E-state index is 10.9. The smallest absolute Gasteiger partial charge is 0.330 e. The number of ether oxygens (including phenoxy) is 3. The van der Waals surface area contributed by atoms with Gasteiger partial charge < -0.3 is 14.2 Å². The van der Waals surface area contributed by atoms with E-state index in [2.05, 4.69) is 12.6 Å². The van der Waals surface area contributed by atoms with Crippen molar-refractivity contribution in [3.63, 3.8) is 0 Å². The van der Waals surface area contributed by atoms with Gasteiger partial charge in [-0.1, -0.05) is 18.7 Å². The molecule has 0 aromatic heterocycles. The Bertz CT molecular complexity index is 457. The van der Waals surface area contributed by atoms with Crippen molar-refractivity contribution in [1.29, 1.82) is 0 Å². The maximum Gasteiger partial charge on any atom is 0.330 e. The van der Waals surface area contributed by atoms with Crippen molar-refractivity contribution in [3.8, 4) is 11.5 Å². The predicted molar refractivity (Wildman–Crippen MR) is 78.6 cm³/mol. The van der Waals surface area contributed by atoms with Gasteiger partial charge in [-0.2, -0.15) is 0 Å². The largest absolute Gasteiger partial charge is 0.493 e. The lowest BCUT2D eigenvalue weighted by Gasteiger charge is -2.15. The highest BCUT2D eigenvalue weighted by Gasteiger charge is 2.12. The van der Waals surface area contributed by atoms with Crippen molar-refractivity contribution >= 4 is 21.4 Å². The monoisotopic (exact) mass is 280 g/mol. The number of esters is 1. The minimum Gasteiger partial charge on any atom is -0.493 e. The van der Waals surface area contributed by atoms with Gasteiger partial charge >= 0.3 is 5.97 Å². The van der Waals surface area contributed by atoms with Crippen LogP contribution < -0.4 is 14.7 Å². The molecule has 0 unspecified atom stereocenters. The van der Waals surface area contributed by atoms with Crippen LogP contribution in [0.5, 0.6) is 11.5 Å². The van der Waals surface area contributed by atoms with Crippen LogP contribution in [0, 0.1) is 0 Å². The van der Waals surface area contributed by atoms with E-state index >= 15 is 0 Å². The minimum atomic E-state index is -0.389. The minimum absolute atomic E-state index is 0.374. The molecule has 0 fully saturated rings. The molecule has 4 nitrogen and oxygen atoms in total. The van der Waals surface area contributed by atoms with Gasteiger partial charge in [-0.15, -0.1) is 0 Å². The topological polar surface area (TPSA) is 44.8 Å². The van der Waals surface area contributed by atoms with E-state index in [1.807, 2.05) is 6.07 Å². The van der Waals surface area contributed by atoms with Crippen LogP contribution in [0.15, 0.2) is 24.8 Å². The maximum absolute atomic E-state index is 10.9. The zero-order valence-corrected chi connectivity index (χ0v) is 13.7. The van der Waals surface area contributed by atoms with Crippen LogP contribution in [0.2, 0.25) is 0 Å². The molecule has 0 N–H and O–H groups in total. The molecule has 5 heteroatoms. The second-order valence-electron chi connectivity index (χ2n) is 4.08. The van der Waals surface area contributed by atoms with Crippen molar-refractivity contribution in [3.05, 3.63) is 30.4 Å². The van der Waals surface area contributed by atoms with Crippen molar-refractivity contribution < 1.29 is 19.0 Å². The molecule has 0 saturated carbocycles. The number of carbonyl (C=O) groups is 1. The van der Waals surface area contributed by atoms with E-state index in [9.17, 15) is 4.79 Å². The molecule has 0 aliphatic rings. The van der Waals surface area contributed by atoms with E-state index in [0.717, 1.165) is 40.1 Å². The first-order chi connectivity index (χ1) is 9.13. The van der Waals surface area contributed by atoms with Crippen LogP contribution in [0.1, 0.15) is 12.0 Å². The summed E-state index contributed by atoms with van der Waals surface area (Å²) in [6.07, 6.45) is 2.67. The molecule has 0 bridgehead atoms. The van der Waals surface area contributed by atoms with Crippen LogP contribution in [0.3, 0.4) is 0 Å². The van der Waals surface area contributed by atoms with Gasteiger partial charge in [0.2, 0.25) is 0 Å². The summed E-state index contributed by atoms with van der Waals surface area (Å²) in [5.41, 5.74) is 1.06. The molecule has 0 radical (unpaired) electrons. The summed E-state index contributed by atoms with van der Waals surface area (Å²) < 4.78 is 15.7. The Morgan fingerprint density at radius 1 is 1.32 bits per heavy atom. The third-order valence-electron chi connectivity index (χ3n) is 2.80. The normalized spacial score (nSPS) is 10.0. The SMILES string of the molecule is C=CC(=O)OCCCc1ccc([SiH3])c(OC)c1OC. The molecule has 0 aliphatic heterocycles. The Kier molecular flexibility index (Phi) is 6.15. The molecule has 0 saturated heterocycles. The molecule has 0 heterocycles. The summed E-state index contributed by atoms with van der Waals surface area (Å²) in [6.45, 7) is 3.72. The molecule has 1 aromatic rings. The first kappa shape index (κ1) is 15.3. The highest BCUT2D eigenvalue weighted by molar-refractivity contribution is 6.34. The lowest BCUT2D eigenvalue weighted by Crippen LogP contribution is -2.11. The fraction of sp³-hybridized carbons (Fsp3) is 0.357. The zero-order chi connectivity index (χ0) is 14.3. The number of carbonyl (C=O) groups excluding carboxylic acids is 1. The van der Waals surface area contributed by atoms with Gasteiger partial charge in [0.25, 0.3) is 0 Å². The van der Waals surface area contributed by atoms with Crippen molar-refractivity contribution in [2.24, 2.45) is 0 Å². The Morgan fingerprint density at radius 3 is 2.58 bits per heavy atom. The summed E-state index contributed by atoms with van der Waals surface area (Å²) in [6, 6.07) is 4.09. The zero-order valence-electron chi connectivity index (χ0n) is 11.7. The Balaban J connectivity index is 2.68. The summed E-state index contributed by atoms with van der Waals surface area (Å²) in [5, 5.41) is 1.17. The number of rotatable bonds is 7. The van der Waals surface area contributed by atoms with E-state index in [4.69, 9.17) is 14.2 Å². The molecule has 104 valence electrons. The molecular formula is C14H20O4Si. The molecule has 0 aliphatic carbocycles. The lowest BCUT2D eigenvalue weighted by molar-refractivity contribution is -0.137. The summed E-state index contributed by atoms with van der Waals surface area (Å²) in [4.78, 5) is 10.9. The van der Waals surface area contributed by atoms with Crippen LogP contribution in [0.4, 0.5) is 0 Å². The fourth-order valence-electron chi connectivity index (χ4n) is 1.87. The molecule has 1 aromatic carbocycles. The highest BCUT2D eigenvalue weighted by atomic mass is 28.1. The van der Waals surface area contributed by atoms with Crippen LogP contribution >= 0.6 is 0 Å². The van der Waals surface area contributed by atoms with Crippen LogP contribution in [0.25, 0.3) is 0 Å². The molecular weight excluding hydrogens is 260 g/mol. The van der Waals surface area contributed by atoms with E-state index in [1.165, 1.54) is 11.3 Å². The molecule has 0 atom stereocenters. The van der Waals surface area contributed by atoms with Crippen molar-refractivity contribution in [2.75, 3.05) is 20.8 Å². The van der Waals surface area contributed by atoms with Gasteiger partial charge in [0.1, 0.15) is 0 Å². The van der Waals surface area contributed by atoms with E-state index in [0.29, 0.717) is 6.61 Å². The van der Waals surface area contributed by atoms with Crippen LogP contribution in [-0.2, 0) is 16.0 Å². The van der Waals surface area contributed by atoms with Crippen molar-refractivity contribution in [1.82, 2.24) is 0 Å². The van der Waals surface area contributed by atoms with Crippen LogP contribution in [-0.4, -0.2) is 37.0 Å². The van der Waals surface area contributed by atoms with Gasteiger partial charge in [0.15, 0.2) is 11.5 Å². The molecule has 19 heavy (non-hydrogen) atoms. The predicted octanol–water partition coefficient (Wildman–Crippen LogP) is 0.356. The molecule has 0 amide bonds. The second kappa shape index (κ2) is 7.63. The Hall–Kier alpha value is -1.75. The quantitative estimate of drug-likeness (QED) is 0.313. The average molecular weight is 280 g/mol. The number of aryl methyl sites for hydroxylation is 1. The van der Waals surface area contributed by atoms with Gasteiger partial charge in [-0.25, -0.2) is 4.79 Å². The van der Waals surface area contributed by atoms with Crippen molar-refractivity contribution in [2.45, 2.75) is 12.8 Å². The third kappa shape index (κ3) is 4.13. The number of methoxy groups -OCH3 is 2. The number of benzene rings is 1. The number of hydrogen-bond donors (Lipinski definition) is 0. The fourth-order valence-corrected chi connectivity index (χ4v) is 2.47. The number of hydrogen-bond acceptors (Lipinski definition) is 4. The van der Waals surface area contributed by atoms with Gasteiger partial charge in [-0.05, 0) is 23.6 Å². The lowest BCUT2D eigenvalue weighted by atomic mass is 10.1. The first-order valence-corrected chi connectivity index (χ1v) is 7.13. The van der Waals surface area contributed by atoms with E-state index in [1.54, 1.807) is 14.2 Å². The van der Waals surface area contributed by atoms with Gasteiger partial charge in [0.05, 0.1) is 20.8 Å². The van der Waals surface area contributed by atoms with Gasteiger partial charge in [-0.3, -0.25) is 0 Å². The average Bonchev–Trinajstić information content (AvgIpc) is 2.43. The second-order valence-corrected chi connectivity index (χ2v) is 5.16. The summed E-state index contributed by atoms with van der Waals surface area (Å²) in [5.74, 6) is 1.21. The van der Waals surface area contributed by atoms with E-state index in [-0.39, 0.29) is 5.97 Å². The highest BCUT2D eigenvalue weighted by Crippen LogP contribution is 2.29. The third-order valence-corrected chi connectivity index (χ3v) is 3.59. The molecule has 0 spiro atoms. The Labute approximate surface area is 116 Å². The first-order valence-electron chi connectivity index (χ1n) is 6.13. The summed E-state index contributed by atoms with van der Waals surface area (Å²) in [7, 11) is 4.19. The van der Waals surface area contributed by atoms with E-state index < -0.39 is 0 Å². The van der Waals surface area contributed by atoms with Gasteiger partial charge in [0, 0.05) is 16.3 Å². The summed E-state index contributed by atoms with van der Waals surface area (Å²) >= 11 is 0. The molecule has 1 rings (SSSR count). The Morgan fingerprint density at radius 2 is 2.00 bits per heavy atom. The standard InChI is InChI=1S/C14H20O4Si/c1-4-12(15)18-9-5-6-10-7-8-11(19)14(17-3)13(10)16-2/h4,7-8H,1,5-6,9H2,2-3,19H3.